The zero-order chi connectivity index (χ0) is 17.3. The Bertz CT molecular complexity index is 761. The molecule has 2 aromatic heterocycles. The molecule has 0 radical (unpaired) electrons. The van der Waals surface area contributed by atoms with Gasteiger partial charge in [-0.05, 0) is 25.7 Å². The summed E-state index contributed by atoms with van der Waals surface area (Å²) in [4.78, 5) is 16.4. The van der Waals surface area contributed by atoms with Crippen LogP contribution in [0, 0.1) is 0 Å². The Kier molecular flexibility index (Phi) is 4.20. The maximum atomic E-state index is 5.47. The minimum atomic E-state index is 0.444. The molecule has 8 nitrogen and oxygen atoms in total. The molecule has 2 aliphatic carbocycles. The summed E-state index contributed by atoms with van der Waals surface area (Å²) in [5, 5.41) is 10.8. The van der Waals surface area contributed by atoms with Crippen LogP contribution < -0.4 is 10.2 Å². The van der Waals surface area contributed by atoms with E-state index >= 15 is 0 Å². The lowest BCUT2D eigenvalue weighted by Crippen LogP contribution is -2.37. The van der Waals surface area contributed by atoms with Crippen molar-refractivity contribution in [3.63, 3.8) is 0 Å². The topological polar surface area (TPSA) is 91.8 Å². The molecule has 0 unspecified atom stereocenters. The Balaban J connectivity index is 1.42. The molecule has 1 saturated heterocycles. The summed E-state index contributed by atoms with van der Waals surface area (Å²) in [6.45, 7) is 3.08. The zero-order valence-electron chi connectivity index (χ0n) is 14.9. The van der Waals surface area contributed by atoms with E-state index in [9.17, 15) is 0 Å². The largest absolute Gasteiger partial charge is 0.378 e. The van der Waals surface area contributed by atoms with Crippen molar-refractivity contribution in [2.24, 2.45) is 0 Å². The highest BCUT2D eigenvalue weighted by molar-refractivity contribution is 5.50. The third kappa shape index (κ3) is 3.38. The number of aromatic nitrogens is 5. The van der Waals surface area contributed by atoms with Crippen LogP contribution in [0.25, 0.3) is 0 Å². The van der Waals surface area contributed by atoms with E-state index in [0.717, 1.165) is 43.9 Å². The number of H-pyrrole nitrogens is 1. The normalized spacial score (nSPS) is 21.3. The third-order valence-electron chi connectivity index (χ3n) is 5.51. The summed E-state index contributed by atoms with van der Waals surface area (Å²) < 4.78 is 5.47. The summed E-state index contributed by atoms with van der Waals surface area (Å²) in [6, 6.07) is 2.07. The molecule has 0 amide bonds. The van der Waals surface area contributed by atoms with E-state index in [1.807, 2.05) is 0 Å². The predicted octanol–water partition coefficient (Wildman–Crippen LogP) is 2.71. The van der Waals surface area contributed by atoms with Crippen molar-refractivity contribution in [1.82, 2.24) is 25.1 Å². The Hall–Kier alpha value is -2.22. The van der Waals surface area contributed by atoms with Gasteiger partial charge < -0.3 is 15.0 Å². The van der Waals surface area contributed by atoms with Gasteiger partial charge in [-0.25, -0.2) is 0 Å². The molecule has 2 aromatic rings. The van der Waals surface area contributed by atoms with Crippen LogP contribution in [0.1, 0.15) is 61.9 Å². The van der Waals surface area contributed by atoms with Gasteiger partial charge in [-0.2, -0.15) is 20.1 Å². The molecule has 3 fully saturated rings. The molecule has 0 atom stereocenters. The highest BCUT2D eigenvalue weighted by Gasteiger charge is 2.26. The Morgan fingerprint density at radius 2 is 1.81 bits per heavy atom. The first-order valence-electron chi connectivity index (χ1n) is 9.76. The second-order valence-corrected chi connectivity index (χ2v) is 7.51. The molecule has 2 N–H and O–H groups in total. The van der Waals surface area contributed by atoms with Gasteiger partial charge in [0.25, 0.3) is 0 Å². The van der Waals surface area contributed by atoms with Crippen LogP contribution in [0.4, 0.5) is 17.7 Å². The molecule has 3 aliphatic rings. The smallest absolute Gasteiger partial charge is 0.233 e. The van der Waals surface area contributed by atoms with Gasteiger partial charge in [0.05, 0.1) is 13.2 Å². The van der Waals surface area contributed by atoms with E-state index in [1.165, 1.54) is 44.2 Å². The van der Waals surface area contributed by atoms with Crippen LogP contribution in [-0.2, 0) is 4.74 Å². The van der Waals surface area contributed by atoms with Gasteiger partial charge in [0.15, 0.2) is 5.82 Å². The third-order valence-corrected chi connectivity index (χ3v) is 5.51. The predicted molar refractivity (Wildman–Crippen MR) is 97.9 cm³/mol. The lowest BCUT2D eigenvalue weighted by atomic mass is 10.1. The number of hydrogen-bond acceptors (Lipinski definition) is 7. The molecule has 26 heavy (non-hydrogen) atoms. The minimum Gasteiger partial charge on any atom is -0.378 e. The molecule has 0 spiro atoms. The molecular formula is C18H25N7O. The molecule has 1 aliphatic heterocycles. The molecule has 138 valence electrons. The van der Waals surface area contributed by atoms with Crippen LogP contribution in [0.3, 0.4) is 0 Å². The van der Waals surface area contributed by atoms with Crippen LogP contribution in [0.5, 0.6) is 0 Å². The molecule has 8 heteroatoms. The number of anilines is 3. The van der Waals surface area contributed by atoms with Gasteiger partial charge in [-0.3, -0.25) is 5.10 Å². The van der Waals surface area contributed by atoms with E-state index in [4.69, 9.17) is 14.7 Å². The van der Waals surface area contributed by atoms with E-state index in [2.05, 4.69) is 31.5 Å². The fourth-order valence-corrected chi connectivity index (χ4v) is 3.83. The lowest BCUT2D eigenvalue weighted by Gasteiger charge is -2.27. The fourth-order valence-electron chi connectivity index (χ4n) is 3.83. The molecule has 0 aromatic carbocycles. The van der Waals surface area contributed by atoms with Crippen molar-refractivity contribution < 1.29 is 4.74 Å². The molecule has 0 bridgehead atoms. The Morgan fingerprint density at radius 1 is 1.00 bits per heavy atom. The Morgan fingerprint density at radius 3 is 2.58 bits per heavy atom. The summed E-state index contributed by atoms with van der Waals surface area (Å²) >= 11 is 0. The van der Waals surface area contributed by atoms with Gasteiger partial charge in [0, 0.05) is 36.7 Å². The van der Waals surface area contributed by atoms with Gasteiger partial charge >= 0.3 is 0 Å². The van der Waals surface area contributed by atoms with Crippen molar-refractivity contribution in [3.8, 4) is 0 Å². The van der Waals surface area contributed by atoms with Gasteiger partial charge in [-0.1, -0.05) is 12.8 Å². The lowest BCUT2D eigenvalue weighted by molar-refractivity contribution is 0.122. The van der Waals surface area contributed by atoms with Crippen molar-refractivity contribution >= 4 is 17.7 Å². The van der Waals surface area contributed by atoms with Crippen molar-refractivity contribution in [3.05, 3.63) is 17.6 Å². The highest BCUT2D eigenvalue weighted by atomic mass is 16.5. The number of aromatic amines is 1. The maximum absolute atomic E-state index is 5.47. The summed E-state index contributed by atoms with van der Waals surface area (Å²) in [5.74, 6) is 4.14. The summed E-state index contributed by atoms with van der Waals surface area (Å²) in [7, 11) is 0. The first-order valence-corrected chi connectivity index (χ1v) is 9.76. The van der Waals surface area contributed by atoms with Crippen LogP contribution in [0.15, 0.2) is 6.07 Å². The fraction of sp³-hybridized carbons (Fsp3) is 0.667. The number of hydrogen-bond donors (Lipinski definition) is 2. The average Bonchev–Trinajstić information content (AvgIpc) is 3.18. The SMILES string of the molecule is c1c(Nc2nc(C3CCCC3)nc(N3CCOCC3)n2)n[nH]c1C1CC1. The van der Waals surface area contributed by atoms with E-state index in [0.29, 0.717) is 17.8 Å². The maximum Gasteiger partial charge on any atom is 0.233 e. The monoisotopic (exact) mass is 355 g/mol. The molecular weight excluding hydrogens is 330 g/mol. The van der Waals surface area contributed by atoms with Crippen LogP contribution in [-0.4, -0.2) is 51.5 Å². The van der Waals surface area contributed by atoms with Gasteiger partial charge in [-0.15, -0.1) is 0 Å². The van der Waals surface area contributed by atoms with E-state index < -0.39 is 0 Å². The van der Waals surface area contributed by atoms with Crippen LogP contribution >= 0.6 is 0 Å². The number of ether oxygens (including phenoxy) is 1. The minimum absolute atomic E-state index is 0.444. The van der Waals surface area contributed by atoms with Crippen molar-refractivity contribution in [1.29, 1.82) is 0 Å². The standard InChI is InChI=1S/C18H25N7O/c1-2-4-13(3-1)16-20-17(19-15-11-14(23-24-15)12-5-6-12)22-18(21-16)25-7-9-26-10-8-25/h11-13H,1-10H2,(H2,19,20,21,22,23,24). The second-order valence-electron chi connectivity index (χ2n) is 7.51. The number of nitrogens with zero attached hydrogens (tertiary/aromatic N) is 5. The van der Waals surface area contributed by atoms with E-state index in [-0.39, 0.29) is 0 Å². The van der Waals surface area contributed by atoms with Crippen molar-refractivity contribution in [2.45, 2.75) is 50.4 Å². The van der Waals surface area contributed by atoms with Gasteiger partial charge in [0.2, 0.25) is 11.9 Å². The number of rotatable bonds is 5. The average molecular weight is 355 g/mol. The van der Waals surface area contributed by atoms with Gasteiger partial charge in [0.1, 0.15) is 5.82 Å². The first-order chi connectivity index (χ1) is 12.8. The van der Waals surface area contributed by atoms with Crippen molar-refractivity contribution in [2.75, 3.05) is 36.5 Å². The number of morpholine rings is 1. The molecule has 2 saturated carbocycles. The first kappa shape index (κ1) is 16.0. The molecule has 5 rings (SSSR count). The van der Waals surface area contributed by atoms with E-state index in [1.54, 1.807) is 0 Å². The number of nitrogens with one attached hydrogen (secondary N) is 2. The quantitative estimate of drug-likeness (QED) is 0.852. The second kappa shape index (κ2) is 6.83. The highest BCUT2D eigenvalue weighted by Crippen LogP contribution is 2.39. The zero-order valence-corrected chi connectivity index (χ0v) is 14.9. The Labute approximate surface area is 152 Å². The summed E-state index contributed by atoms with van der Waals surface area (Å²) in [6.07, 6.45) is 7.35. The molecule has 3 heterocycles. The van der Waals surface area contributed by atoms with Crippen LogP contribution in [0.2, 0.25) is 0 Å². The summed E-state index contributed by atoms with van der Waals surface area (Å²) in [5.41, 5.74) is 1.20.